The summed E-state index contributed by atoms with van der Waals surface area (Å²) >= 11 is 1.05. The van der Waals surface area contributed by atoms with Crippen LogP contribution in [0.3, 0.4) is 0 Å². The van der Waals surface area contributed by atoms with Crippen LogP contribution in [-0.2, 0) is 9.59 Å². The third-order valence-electron chi connectivity index (χ3n) is 2.06. The van der Waals surface area contributed by atoms with Crippen LogP contribution < -0.4 is 10.2 Å². The molecule has 0 unspecified atom stereocenters. The van der Waals surface area contributed by atoms with Crippen molar-refractivity contribution in [1.82, 2.24) is 5.32 Å². The summed E-state index contributed by atoms with van der Waals surface area (Å²) in [7, 11) is 0. The van der Waals surface area contributed by atoms with Gasteiger partial charge in [0.05, 0.1) is 18.1 Å². The molecule has 84 valence electrons. The molecule has 1 aliphatic heterocycles. The van der Waals surface area contributed by atoms with Crippen molar-refractivity contribution in [2.75, 3.05) is 18.0 Å². The number of aromatic carboxylic acids is 1. The van der Waals surface area contributed by atoms with E-state index in [-0.39, 0.29) is 29.8 Å². The molecule has 2 N–H and O–H groups in total. The van der Waals surface area contributed by atoms with Crippen molar-refractivity contribution in [3.8, 4) is 0 Å². The normalized spacial score (nSPS) is 16.1. The van der Waals surface area contributed by atoms with Crippen molar-refractivity contribution in [3.63, 3.8) is 0 Å². The highest BCUT2D eigenvalue weighted by Gasteiger charge is 2.24. The standard InChI is InChI=1S/C9H8N2O4S/c12-6-3-11(4-7(13)10-6)8-2-1-5(16-8)9(14)15/h1-2H,3-4H2,(H,14,15)(H,10,12,13). The molecule has 0 spiro atoms. The largest absolute Gasteiger partial charge is 0.477 e. The molecule has 0 aromatic carbocycles. The molecule has 2 heterocycles. The Labute approximate surface area is 94.5 Å². The van der Waals surface area contributed by atoms with Gasteiger partial charge in [-0.15, -0.1) is 11.3 Å². The van der Waals surface area contributed by atoms with Crippen molar-refractivity contribution in [2.24, 2.45) is 0 Å². The monoisotopic (exact) mass is 240 g/mol. The average Bonchev–Trinajstić information content (AvgIpc) is 2.64. The fourth-order valence-corrected chi connectivity index (χ4v) is 2.25. The number of nitrogens with one attached hydrogen (secondary N) is 1. The molecule has 2 rings (SSSR count). The second-order valence-corrected chi connectivity index (χ2v) is 4.33. The molecule has 0 atom stereocenters. The number of rotatable bonds is 2. The lowest BCUT2D eigenvalue weighted by Gasteiger charge is -2.25. The minimum atomic E-state index is -1.01. The Balaban J connectivity index is 2.19. The first-order valence-corrected chi connectivity index (χ1v) is 5.28. The highest BCUT2D eigenvalue weighted by Crippen LogP contribution is 2.26. The summed E-state index contributed by atoms with van der Waals surface area (Å²) in [6, 6.07) is 3.05. The highest BCUT2D eigenvalue weighted by molar-refractivity contribution is 7.17. The number of imide groups is 1. The van der Waals surface area contributed by atoms with Crippen LogP contribution in [0.1, 0.15) is 9.67 Å². The summed E-state index contributed by atoms with van der Waals surface area (Å²) in [5.41, 5.74) is 0. The van der Waals surface area contributed by atoms with Crippen LogP contribution in [0.25, 0.3) is 0 Å². The van der Waals surface area contributed by atoms with Gasteiger partial charge in [0.15, 0.2) is 0 Å². The maximum absolute atomic E-state index is 11.1. The molecule has 0 radical (unpaired) electrons. The Hall–Kier alpha value is -1.89. The van der Waals surface area contributed by atoms with Gasteiger partial charge >= 0.3 is 5.97 Å². The molecule has 1 saturated heterocycles. The first-order valence-electron chi connectivity index (χ1n) is 4.47. The van der Waals surface area contributed by atoms with Gasteiger partial charge in [0.1, 0.15) is 4.88 Å². The van der Waals surface area contributed by atoms with Crippen LogP contribution in [0.15, 0.2) is 12.1 Å². The zero-order valence-electron chi connectivity index (χ0n) is 8.10. The van der Waals surface area contributed by atoms with Gasteiger partial charge in [0.2, 0.25) is 11.8 Å². The second-order valence-electron chi connectivity index (χ2n) is 3.27. The summed E-state index contributed by atoms with van der Waals surface area (Å²) in [5, 5.41) is 11.5. The fourth-order valence-electron chi connectivity index (χ4n) is 1.41. The van der Waals surface area contributed by atoms with Gasteiger partial charge in [0.25, 0.3) is 0 Å². The van der Waals surface area contributed by atoms with Gasteiger partial charge in [0, 0.05) is 0 Å². The van der Waals surface area contributed by atoms with E-state index in [9.17, 15) is 14.4 Å². The average molecular weight is 240 g/mol. The third-order valence-corrected chi connectivity index (χ3v) is 3.20. The number of carboxylic acids is 1. The quantitative estimate of drug-likeness (QED) is 0.705. The van der Waals surface area contributed by atoms with Crippen molar-refractivity contribution in [3.05, 3.63) is 17.0 Å². The van der Waals surface area contributed by atoms with E-state index in [1.54, 1.807) is 11.0 Å². The Bertz CT molecular complexity index is 452. The lowest BCUT2D eigenvalue weighted by molar-refractivity contribution is -0.130. The molecular weight excluding hydrogens is 232 g/mol. The van der Waals surface area contributed by atoms with E-state index >= 15 is 0 Å². The summed E-state index contributed by atoms with van der Waals surface area (Å²) in [4.78, 5) is 34.6. The summed E-state index contributed by atoms with van der Waals surface area (Å²) in [6.07, 6.45) is 0. The number of piperazine rings is 1. The minimum Gasteiger partial charge on any atom is -0.477 e. The van der Waals surface area contributed by atoms with Crippen molar-refractivity contribution < 1.29 is 19.5 Å². The molecule has 1 aromatic rings. The Kier molecular flexibility index (Phi) is 2.61. The molecule has 16 heavy (non-hydrogen) atoms. The number of carbonyl (C=O) groups excluding carboxylic acids is 2. The minimum absolute atomic E-state index is 0.0747. The van der Waals surface area contributed by atoms with E-state index in [4.69, 9.17) is 5.11 Å². The van der Waals surface area contributed by atoms with Gasteiger partial charge in [-0.3, -0.25) is 14.9 Å². The predicted molar refractivity (Wildman–Crippen MR) is 56.6 cm³/mol. The van der Waals surface area contributed by atoms with Gasteiger partial charge in [-0.1, -0.05) is 0 Å². The number of hydrogen-bond acceptors (Lipinski definition) is 5. The molecule has 0 saturated carbocycles. The molecule has 2 amide bonds. The van der Waals surface area contributed by atoms with Crippen LogP contribution in [0.5, 0.6) is 0 Å². The number of carboxylic acid groups (broad SMARTS) is 1. The first kappa shape index (κ1) is 10.6. The number of carbonyl (C=O) groups is 3. The Morgan fingerprint density at radius 1 is 1.31 bits per heavy atom. The van der Waals surface area contributed by atoms with E-state index in [0.29, 0.717) is 5.00 Å². The zero-order chi connectivity index (χ0) is 11.7. The number of hydrogen-bond donors (Lipinski definition) is 2. The summed E-state index contributed by atoms with van der Waals surface area (Å²) in [6.45, 7) is 0.149. The molecule has 1 fully saturated rings. The van der Waals surface area contributed by atoms with Crippen LogP contribution >= 0.6 is 11.3 Å². The topological polar surface area (TPSA) is 86.7 Å². The lowest BCUT2D eigenvalue weighted by Crippen LogP contribution is -2.51. The fraction of sp³-hybridized carbons (Fsp3) is 0.222. The summed E-state index contributed by atoms with van der Waals surface area (Å²) in [5.74, 6) is -1.76. The molecule has 1 aromatic heterocycles. The molecular formula is C9H8N2O4S. The number of anilines is 1. The maximum Gasteiger partial charge on any atom is 0.345 e. The first-order chi connectivity index (χ1) is 7.56. The number of thiophene rings is 1. The molecule has 0 aliphatic carbocycles. The number of nitrogens with zero attached hydrogens (tertiary/aromatic N) is 1. The maximum atomic E-state index is 11.1. The van der Waals surface area contributed by atoms with Crippen molar-refractivity contribution in [2.45, 2.75) is 0 Å². The molecule has 1 aliphatic rings. The lowest BCUT2D eigenvalue weighted by atomic mass is 10.3. The molecule has 0 bridgehead atoms. The number of amides is 2. The van der Waals surface area contributed by atoms with Crippen molar-refractivity contribution in [1.29, 1.82) is 0 Å². The Morgan fingerprint density at radius 2 is 1.94 bits per heavy atom. The SMILES string of the molecule is O=C1CN(c2ccc(C(=O)O)s2)CC(=O)N1. The van der Waals surface area contributed by atoms with Gasteiger partial charge in [-0.25, -0.2) is 4.79 Å². The Morgan fingerprint density at radius 3 is 2.44 bits per heavy atom. The van der Waals surface area contributed by atoms with E-state index < -0.39 is 5.97 Å². The third kappa shape index (κ3) is 2.03. The van der Waals surface area contributed by atoms with Crippen LogP contribution in [0, 0.1) is 0 Å². The van der Waals surface area contributed by atoms with Gasteiger partial charge < -0.3 is 10.0 Å². The predicted octanol–water partition coefficient (Wildman–Crippen LogP) is -0.0909. The summed E-state index contributed by atoms with van der Waals surface area (Å²) < 4.78 is 0. The smallest absolute Gasteiger partial charge is 0.345 e. The van der Waals surface area contributed by atoms with Gasteiger partial charge in [-0.2, -0.15) is 0 Å². The van der Waals surface area contributed by atoms with Crippen LogP contribution in [0.2, 0.25) is 0 Å². The van der Waals surface area contributed by atoms with Crippen molar-refractivity contribution >= 4 is 34.1 Å². The van der Waals surface area contributed by atoms with E-state index in [1.807, 2.05) is 0 Å². The van der Waals surface area contributed by atoms with Crippen LogP contribution in [0.4, 0.5) is 5.00 Å². The second kappa shape index (κ2) is 3.93. The van der Waals surface area contributed by atoms with Crippen LogP contribution in [-0.4, -0.2) is 36.0 Å². The van der Waals surface area contributed by atoms with E-state index in [1.165, 1.54) is 6.07 Å². The van der Waals surface area contributed by atoms with E-state index in [0.717, 1.165) is 11.3 Å². The highest BCUT2D eigenvalue weighted by atomic mass is 32.1. The molecule has 7 heteroatoms. The molecule has 6 nitrogen and oxygen atoms in total. The van der Waals surface area contributed by atoms with Gasteiger partial charge in [-0.05, 0) is 12.1 Å². The van der Waals surface area contributed by atoms with E-state index in [2.05, 4.69) is 5.32 Å². The zero-order valence-corrected chi connectivity index (χ0v) is 8.91.